The molecule has 0 heterocycles. The summed E-state index contributed by atoms with van der Waals surface area (Å²) in [6.07, 6.45) is 5.38. The molecule has 6 nitrogen and oxygen atoms in total. The molecule has 0 saturated carbocycles. The fourth-order valence-corrected chi connectivity index (χ4v) is 2.43. The van der Waals surface area contributed by atoms with Gasteiger partial charge in [0, 0.05) is 24.8 Å². The van der Waals surface area contributed by atoms with Gasteiger partial charge in [-0.3, -0.25) is 4.79 Å². The van der Waals surface area contributed by atoms with Crippen molar-refractivity contribution in [2.24, 2.45) is 4.99 Å². The summed E-state index contributed by atoms with van der Waals surface area (Å²) in [5, 5.41) is 5.99. The van der Waals surface area contributed by atoms with Crippen molar-refractivity contribution in [3.63, 3.8) is 0 Å². The van der Waals surface area contributed by atoms with Crippen LogP contribution in [0, 0.1) is 12.3 Å². The summed E-state index contributed by atoms with van der Waals surface area (Å²) in [6.45, 7) is 3.83. The third-order valence-corrected chi connectivity index (χ3v) is 3.82. The van der Waals surface area contributed by atoms with Crippen LogP contribution in [0.2, 0.25) is 0 Å². The number of hydrogen-bond donors (Lipinski definition) is 2. The van der Waals surface area contributed by atoms with Crippen LogP contribution < -0.4 is 15.4 Å². The van der Waals surface area contributed by atoms with E-state index in [-0.39, 0.29) is 12.5 Å². The Balaban J connectivity index is 1.87. The van der Waals surface area contributed by atoms with Crippen molar-refractivity contribution in [3.8, 4) is 18.1 Å². The Hall–Kier alpha value is -3.46. The molecule has 0 fully saturated rings. The lowest BCUT2D eigenvalue weighted by atomic mass is 10.2. The maximum Gasteiger partial charge on any atom is 0.246 e. The maximum absolute atomic E-state index is 12.2. The highest BCUT2D eigenvalue weighted by molar-refractivity contribution is 5.94. The van der Waals surface area contributed by atoms with Gasteiger partial charge in [0.1, 0.15) is 18.9 Å². The number of anilines is 1. The summed E-state index contributed by atoms with van der Waals surface area (Å²) in [4.78, 5) is 18.5. The van der Waals surface area contributed by atoms with Crippen LogP contribution in [-0.2, 0) is 4.79 Å². The normalized spacial score (nSPS) is 10.7. The van der Waals surface area contributed by atoms with Gasteiger partial charge in [-0.15, -0.1) is 6.42 Å². The van der Waals surface area contributed by atoms with Crippen LogP contribution in [0.4, 0.5) is 5.69 Å². The van der Waals surface area contributed by atoms with E-state index in [1.54, 1.807) is 18.2 Å². The van der Waals surface area contributed by atoms with Crippen molar-refractivity contribution in [1.82, 2.24) is 10.2 Å². The number of rotatable bonds is 8. The number of guanidine groups is 1. The highest BCUT2D eigenvalue weighted by Gasteiger charge is 2.08. The fraction of sp³-hybridized carbons (Fsp3) is 0.273. The molecule has 0 atom stereocenters. The molecule has 2 N–H and O–H groups in total. The standard InChI is InChI=1S/C22H26N4O2/c1-4-18-10-9-11-19(16-18)25-21(27)17-24-22(23-5-2)26(3)14-15-28-20-12-7-6-8-13-20/h1,6-13,16H,5,14-15,17H2,2-3H3,(H,23,24)(H,25,27). The van der Waals surface area contributed by atoms with Gasteiger partial charge in [-0.1, -0.05) is 30.2 Å². The van der Waals surface area contributed by atoms with E-state index >= 15 is 0 Å². The molecule has 0 unspecified atom stereocenters. The van der Waals surface area contributed by atoms with E-state index in [4.69, 9.17) is 11.2 Å². The number of carbonyl (C=O) groups is 1. The topological polar surface area (TPSA) is 66.0 Å². The van der Waals surface area contributed by atoms with E-state index < -0.39 is 0 Å². The van der Waals surface area contributed by atoms with Crippen LogP contribution in [0.5, 0.6) is 5.75 Å². The maximum atomic E-state index is 12.2. The van der Waals surface area contributed by atoms with Gasteiger partial charge in [-0.05, 0) is 37.3 Å². The smallest absolute Gasteiger partial charge is 0.246 e. The summed E-state index contributed by atoms with van der Waals surface area (Å²) < 4.78 is 5.71. The number of nitrogens with one attached hydrogen (secondary N) is 2. The highest BCUT2D eigenvalue weighted by atomic mass is 16.5. The number of para-hydroxylation sites is 1. The number of terminal acetylenes is 1. The number of carbonyl (C=O) groups excluding carboxylic acids is 1. The van der Waals surface area contributed by atoms with Gasteiger partial charge in [0.15, 0.2) is 5.96 Å². The average Bonchev–Trinajstić information content (AvgIpc) is 2.72. The van der Waals surface area contributed by atoms with Crippen LogP contribution >= 0.6 is 0 Å². The van der Waals surface area contributed by atoms with Crippen LogP contribution in [0.3, 0.4) is 0 Å². The van der Waals surface area contributed by atoms with Crippen molar-refractivity contribution in [3.05, 3.63) is 60.2 Å². The molecule has 0 radical (unpaired) electrons. The number of likely N-dealkylation sites (N-methyl/N-ethyl adjacent to an activating group) is 1. The van der Waals surface area contributed by atoms with Crippen LogP contribution in [0.25, 0.3) is 0 Å². The SMILES string of the molecule is C#Cc1cccc(NC(=O)CN=C(NCC)N(C)CCOc2ccccc2)c1. The highest BCUT2D eigenvalue weighted by Crippen LogP contribution is 2.10. The Kier molecular flexibility index (Phi) is 8.41. The molecule has 0 aliphatic rings. The predicted octanol–water partition coefficient (Wildman–Crippen LogP) is 2.58. The first-order valence-corrected chi connectivity index (χ1v) is 9.16. The zero-order valence-corrected chi connectivity index (χ0v) is 16.3. The Bertz CT molecular complexity index is 828. The summed E-state index contributed by atoms with van der Waals surface area (Å²) in [7, 11) is 1.91. The molecule has 0 spiro atoms. The molecule has 0 aliphatic heterocycles. The number of nitrogens with zero attached hydrogens (tertiary/aromatic N) is 2. The lowest BCUT2D eigenvalue weighted by Crippen LogP contribution is -2.41. The second-order valence-corrected chi connectivity index (χ2v) is 6.03. The second kappa shape index (κ2) is 11.3. The summed E-state index contributed by atoms with van der Waals surface area (Å²) >= 11 is 0. The van der Waals surface area contributed by atoms with E-state index in [1.807, 2.05) is 55.3 Å². The van der Waals surface area contributed by atoms with Crippen LogP contribution in [0.1, 0.15) is 12.5 Å². The number of aliphatic imine (C=N–C) groups is 1. The molecule has 2 aromatic rings. The number of ether oxygens (including phenoxy) is 1. The van der Waals surface area contributed by atoms with Crippen molar-refractivity contribution in [2.45, 2.75) is 6.92 Å². The lowest BCUT2D eigenvalue weighted by molar-refractivity contribution is -0.114. The third-order valence-electron chi connectivity index (χ3n) is 3.82. The van der Waals surface area contributed by atoms with Gasteiger partial charge < -0.3 is 20.3 Å². The Morgan fingerprint density at radius 3 is 2.71 bits per heavy atom. The van der Waals surface area contributed by atoms with Gasteiger partial charge in [0.2, 0.25) is 5.91 Å². The Morgan fingerprint density at radius 2 is 2.00 bits per heavy atom. The number of hydrogen-bond acceptors (Lipinski definition) is 3. The van der Waals surface area contributed by atoms with Gasteiger partial charge in [-0.2, -0.15) is 0 Å². The van der Waals surface area contributed by atoms with Gasteiger partial charge in [-0.25, -0.2) is 4.99 Å². The van der Waals surface area contributed by atoms with Crippen LogP contribution in [-0.4, -0.2) is 50.1 Å². The molecule has 28 heavy (non-hydrogen) atoms. The van der Waals surface area contributed by atoms with Crippen molar-refractivity contribution >= 4 is 17.6 Å². The Morgan fingerprint density at radius 1 is 1.21 bits per heavy atom. The van der Waals surface area contributed by atoms with E-state index in [0.717, 1.165) is 5.75 Å². The molecular weight excluding hydrogens is 352 g/mol. The van der Waals surface area contributed by atoms with Crippen molar-refractivity contribution in [1.29, 1.82) is 0 Å². The molecule has 0 aliphatic carbocycles. The predicted molar refractivity (Wildman–Crippen MR) is 114 cm³/mol. The van der Waals surface area contributed by atoms with E-state index in [9.17, 15) is 4.79 Å². The van der Waals surface area contributed by atoms with Crippen molar-refractivity contribution < 1.29 is 9.53 Å². The first-order chi connectivity index (χ1) is 13.6. The molecule has 6 heteroatoms. The minimum atomic E-state index is -0.210. The fourth-order valence-electron chi connectivity index (χ4n) is 2.43. The third kappa shape index (κ3) is 7.04. The summed E-state index contributed by atoms with van der Waals surface area (Å²) in [5.41, 5.74) is 1.37. The first kappa shape index (κ1) is 20.8. The lowest BCUT2D eigenvalue weighted by Gasteiger charge is -2.22. The molecule has 2 rings (SSSR count). The van der Waals surface area contributed by atoms with Gasteiger partial charge >= 0.3 is 0 Å². The van der Waals surface area contributed by atoms with Crippen LogP contribution in [0.15, 0.2) is 59.6 Å². The molecular formula is C22H26N4O2. The molecule has 2 aromatic carbocycles. The minimum Gasteiger partial charge on any atom is -0.492 e. The average molecular weight is 378 g/mol. The zero-order valence-electron chi connectivity index (χ0n) is 16.3. The molecule has 0 saturated heterocycles. The van der Waals surface area contributed by atoms with Crippen molar-refractivity contribution in [2.75, 3.05) is 38.6 Å². The number of amides is 1. The second-order valence-electron chi connectivity index (χ2n) is 6.03. The molecule has 0 bridgehead atoms. The molecule has 1 amide bonds. The van der Waals surface area contributed by atoms with Gasteiger partial charge in [0.25, 0.3) is 0 Å². The molecule has 0 aromatic heterocycles. The molecule has 146 valence electrons. The quantitative estimate of drug-likeness (QED) is 0.421. The minimum absolute atomic E-state index is 0.00645. The monoisotopic (exact) mass is 378 g/mol. The zero-order chi connectivity index (χ0) is 20.2. The number of benzene rings is 2. The van der Waals surface area contributed by atoms with E-state index in [0.29, 0.717) is 36.9 Å². The Labute approximate surface area is 166 Å². The first-order valence-electron chi connectivity index (χ1n) is 9.16. The summed E-state index contributed by atoms with van der Waals surface area (Å²) in [5.74, 6) is 3.81. The summed E-state index contributed by atoms with van der Waals surface area (Å²) in [6, 6.07) is 16.8. The van der Waals surface area contributed by atoms with Gasteiger partial charge in [0.05, 0.1) is 6.54 Å². The van der Waals surface area contributed by atoms with E-state index in [2.05, 4.69) is 21.5 Å². The van der Waals surface area contributed by atoms with E-state index in [1.165, 1.54) is 0 Å². The largest absolute Gasteiger partial charge is 0.492 e.